The summed E-state index contributed by atoms with van der Waals surface area (Å²) in [6, 6.07) is 16.1. The second-order valence-corrected chi connectivity index (χ2v) is 6.29. The van der Waals surface area contributed by atoms with Gasteiger partial charge in [-0.2, -0.15) is 0 Å². The predicted octanol–water partition coefficient (Wildman–Crippen LogP) is 3.02. The van der Waals surface area contributed by atoms with Crippen LogP contribution in [0, 0.1) is 0 Å². The van der Waals surface area contributed by atoms with Crippen molar-refractivity contribution in [2.24, 2.45) is 0 Å². The summed E-state index contributed by atoms with van der Waals surface area (Å²) in [7, 11) is 1.61. The van der Waals surface area contributed by atoms with Gasteiger partial charge in [0.05, 0.1) is 7.11 Å². The number of hydrogen-bond acceptors (Lipinski definition) is 4. The first-order valence-corrected chi connectivity index (χ1v) is 9.47. The molecule has 6 heteroatoms. The van der Waals surface area contributed by atoms with Crippen LogP contribution >= 0.6 is 0 Å². The quantitative estimate of drug-likeness (QED) is 0.684. The molecule has 0 unspecified atom stereocenters. The lowest BCUT2D eigenvalue weighted by atomic mass is 10.1. The van der Waals surface area contributed by atoms with Gasteiger partial charge in [0.1, 0.15) is 17.5 Å². The summed E-state index contributed by atoms with van der Waals surface area (Å²) >= 11 is 0. The van der Waals surface area contributed by atoms with Crippen molar-refractivity contribution in [3.05, 3.63) is 60.2 Å². The molecule has 2 aromatic rings. The number of nitrogens with one attached hydrogen (secondary N) is 1. The van der Waals surface area contributed by atoms with E-state index in [0.717, 1.165) is 11.3 Å². The summed E-state index contributed by atoms with van der Waals surface area (Å²) < 4.78 is 10.8. The number of carbonyl (C=O) groups is 2. The Hall–Kier alpha value is -3.02. The van der Waals surface area contributed by atoms with Gasteiger partial charge in [0, 0.05) is 13.1 Å². The van der Waals surface area contributed by atoms with Gasteiger partial charge in [-0.05, 0) is 43.2 Å². The number of nitrogens with zero attached hydrogens (tertiary/aromatic N) is 1. The third kappa shape index (κ3) is 6.01. The maximum Gasteiger partial charge on any atom is 0.261 e. The number of amides is 2. The second-order valence-electron chi connectivity index (χ2n) is 6.29. The molecule has 6 nitrogen and oxygen atoms in total. The van der Waals surface area contributed by atoms with E-state index in [0.29, 0.717) is 25.3 Å². The van der Waals surface area contributed by atoms with Gasteiger partial charge in [-0.1, -0.05) is 37.3 Å². The van der Waals surface area contributed by atoms with Crippen LogP contribution in [0.4, 0.5) is 0 Å². The smallest absolute Gasteiger partial charge is 0.261 e. The molecule has 0 aliphatic heterocycles. The monoisotopic (exact) mass is 384 g/mol. The number of methoxy groups -OCH3 is 1. The van der Waals surface area contributed by atoms with E-state index >= 15 is 0 Å². The Bertz CT molecular complexity index is 747. The molecule has 0 saturated carbocycles. The van der Waals surface area contributed by atoms with Crippen LogP contribution in [-0.4, -0.2) is 43.0 Å². The van der Waals surface area contributed by atoms with Gasteiger partial charge in [0.2, 0.25) is 5.91 Å². The molecule has 0 aliphatic carbocycles. The Labute approximate surface area is 166 Å². The van der Waals surface area contributed by atoms with Gasteiger partial charge in [-0.15, -0.1) is 0 Å². The van der Waals surface area contributed by atoms with E-state index in [1.807, 2.05) is 56.3 Å². The molecule has 0 saturated heterocycles. The molecule has 2 rings (SSSR count). The van der Waals surface area contributed by atoms with Crippen LogP contribution in [0.2, 0.25) is 0 Å². The fourth-order valence-electron chi connectivity index (χ4n) is 2.88. The van der Waals surface area contributed by atoms with Gasteiger partial charge in [-0.3, -0.25) is 9.59 Å². The van der Waals surface area contributed by atoms with Crippen LogP contribution in [0.25, 0.3) is 0 Å². The number of rotatable bonds is 10. The first kappa shape index (κ1) is 21.3. The molecule has 0 radical (unpaired) electrons. The number of hydrogen-bond donors (Lipinski definition) is 1. The molecule has 1 atom stereocenters. The maximum atomic E-state index is 12.9. The van der Waals surface area contributed by atoms with Gasteiger partial charge in [0.15, 0.2) is 6.61 Å². The molecule has 2 aromatic carbocycles. The van der Waals surface area contributed by atoms with Gasteiger partial charge in [-0.25, -0.2) is 0 Å². The van der Waals surface area contributed by atoms with Crippen molar-refractivity contribution in [1.82, 2.24) is 10.2 Å². The molecule has 0 aromatic heterocycles. The van der Waals surface area contributed by atoms with Crippen molar-refractivity contribution < 1.29 is 19.1 Å². The Balaban J connectivity index is 2.17. The summed E-state index contributed by atoms with van der Waals surface area (Å²) in [5.41, 5.74) is 0.914. The van der Waals surface area contributed by atoms with Crippen molar-refractivity contribution >= 4 is 11.8 Å². The number of para-hydroxylation sites is 1. The SMILES string of the molecule is CCNC(=O)[C@@H](CC)N(Cc1ccc(OC)cc1)C(=O)COc1ccccc1. The molecule has 150 valence electrons. The maximum absolute atomic E-state index is 12.9. The lowest BCUT2D eigenvalue weighted by Crippen LogP contribution is -2.50. The fourth-order valence-corrected chi connectivity index (χ4v) is 2.88. The van der Waals surface area contributed by atoms with Gasteiger partial charge < -0.3 is 19.7 Å². The fraction of sp³-hybridized carbons (Fsp3) is 0.364. The van der Waals surface area contributed by atoms with Crippen LogP contribution in [-0.2, 0) is 16.1 Å². The van der Waals surface area contributed by atoms with Gasteiger partial charge >= 0.3 is 0 Å². The Morgan fingerprint density at radius 2 is 1.68 bits per heavy atom. The zero-order chi connectivity index (χ0) is 20.4. The van der Waals surface area contributed by atoms with Crippen LogP contribution in [0.15, 0.2) is 54.6 Å². The lowest BCUT2D eigenvalue weighted by Gasteiger charge is -2.30. The molecule has 1 N–H and O–H groups in total. The molecular weight excluding hydrogens is 356 g/mol. The zero-order valence-corrected chi connectivity index (χ0v) is 16.7. The molecule has 0 heterocycles. The third-order valence-electron chi connectivity index (χ3n) is 4.35. The summed E-state index contributed by atoms with van der Waals surface area (Å²) in [6.07, 6.45) is 0.513. The summed E-state index contributed by atoms with van der Waals surface area (Å²) in [4.78, 5) is 27.0. The van der Waals surface area contributed by atoms with Crippen LogP contribution in [0.1, 0.15) is 25.8 Å². The molecule has 28 heavy (non-hydrogen) atoms. The average Bonchev–Trinajstić information content (AvgIpc) is 2.73. The van der Waals surface area contributed by atoms with E-state index in [-0.39, 0.29) is 18.4 Å². The number of carbonyl (C=O) groups excluding carboxylic acids is 2. The van der Waals surface area contributed by atoms with Crippen molar-refractivity contribution in [3.63, 3.8) is 0 Å². The first-order valence-electron chi connectivity index (χ1n) is 9.47. The van der Waals surface area contributed by atoms with Crippen LogP contribution in [0.3, 0.4) is 0 Å². The Kier molecular flexibility index (Phi) is 8.34. The van der Waals surface area contributed by atoms with Crippen molar-refractivity contribution in [2.75, 3.05) is 20.3 Å². The van der Waals surface area contributed by atoms with E-state index in [1.54, 1.807) is 24.1 Å². The van der Waals surface area contributed by atoms with E-state index in [2.05, 4.69) is 5.32 Å². The Morgan fingerprint density at radius 3 is 2.25 bits per heavy atom. The van der Waals surface area contributed by atoms with Crippen LogP contribution in [0.5, 0.6) is 11.5 Å². The van der Waals surface area contributed by atoms with Crippen molar-refractivity contribution in [2.45, 2.75) is 32.9 Å². The van der Waals surface area contributed by atoms with Crippen molar-refractivity contribution in [3.8, 4) is 11.5 Å². The minimum Gasteiger partial charge on any atom is -0.497 e. The number of benzene rings is 2. The second kappa shape index (κ2) is 11.0. The van der Waals surface area contributed by atoms with E-state index < -0.39 is 6.04 Å². The molecule has 0 spiro atoms. The molecule has 0 fully saturated rings. The lowest BCUT2D eigenvalue weighted by molar-refractivity contribution is -0.142. The Morgan fingerprint density at radius 1 is 1.00 bits per heavy atom. The van der Waals surface area contributed by atoms with Crippen molar-refractivity contribution in [1.29, 1.82) is 0 Å². The standard InChI is InChI=1S/C22H28N2O4/c1-4-20(22(26)23-5-2)24(15-17-11-13-18(27-3)14-12-17)21(25)16-28-19-9-7-6-8-10-19/h6-14,20H,4-5,15-16H2,1-3H3,(H,23,26)/t20-/m1/s1. The normalized spacial score (nSPS) is 11.4. The molecule has 0 aliphatic rings. The highest BCUT2D eigenvalue weighted by Gasteiger charge is 2.28. The summed E-state index contributed by atoms with van der Waals surface area (Å²) in [5.74, 6) is 0.959. The minimum atomic E-state index is -0.561. The topological polar surface area (TPSA) is 67.9 Å². The van der Waals surface area contributed by atoms with E-state index in [4.69, 9.17) is 9.47 Å². The summed E-state index contributed by atoms with van der Waals surface area (Å²) in [6.45, 7) is 4.46. The van der Waals surface area contributed by atoms with E-state index in [9.17, 15) is 9.59 Å². The van der Waals surface area contributed by atoms with Gasteiger partial charge in [0.25, 0.3) is 5.91 Å². The number of likely N-dealkylation sites (N-methyl/N-ethyl adjacent to an activating group) is 1. The van der Waals surface area contributed by atoms with E-state index in [1.165, 1.54) is 0 Å². The highest BCUT2D eigenvalue weighted by atomic mass is 16.5. The highest BCUT2D eigenvalue weighted by Crippen LogP contribution is 2.17. The summed E-state index contributed by atoms with van der Waals surface area (Å²) in [5, 5.41) is 2.82. The predicted molar refractivity (Wildman–Crippen MR) is 108 cm³/mol. The largest absolute Gasteiger partial charge is 0.497 e. The first-order chi connectivity index (χ1) is 13.6. The minimum absolute atomic E-state index is 0.129. The molecular formula is C22H28N2O4. The average molecular weight is 384 g/mol. The molecule has 2 amide bonds. The zero-order valence-electron chi connectivity index (χ0n) is 16.7. The third-order valence-corrected chi connectivity index (χ3v) is 4.35. The highest BCUT2D eigenvalue weighted by molar-refractivity contribution is 5.88. The number of ether oxygens (including phenoxy) is 2. The molecule has 0 bridgehead atoms. The van der Waals surface area contributed by atoms with Crippen LogP contribution < -0.4 is 14.8 Å².